The normalized spacial score (nSPS) is 26.6. The highest BCUT2D eigenvalue weighted by Gasteiger charge is 2.44. The third kappa shape index (κ3) is 2.88. The number of carboxylic acid groups (broad SMARTS) is 1. The van der Waals surface area contributed by atoms with Crippen molar-refractivity contribution in [2.24, 2.45) is 0 Å². The zero-order valence-corrected chi connectivity index (χ0v) is 7.62. The van der Waals surface area contributed by atoms with Crippen molar-refractivity contribution in [3.8, 4) is 0 Å². The fraction of sp³-hybridized carbons (Fsp3) is 0.875. The van der Waals surface area contributed by atoms with Crippen molar-refractivity contribution >= 4 is 5.97 Å². The van der Waals surface area contributed by atoms with Crippen molar-refractivity contribution in [2.75, 3.05) is 19.7 Å². The number of halogens is 2. The molecule has 1 aliphatic heterocycles. The molecule has 0 aromatic carbocycles. The maximum absolute atomic E-state index is 12.9. The first-order chi connectivity index (χ1) is 6.44. The molecule has 0 amide bonds. The van der Waals surface area contributed by atoms with Crippen LogP contribution in [0.4, 0.5) is 8.78 Å². The van der Waals surface area contributed by atoms with E-state index in [1.807, 2.05) is 0 Å². The summed E-state index contributed by atoms with van der Waals surface area (Å²) >= 11 is 0. The van der Waals surface area contributed by atoms with Gasteiger partial charge in [0, 0.05) is 19.0 Å². The fourth-order valence-corrected chi connectivity index (χ4v) is 1.65. The largest absolute Gasteiger partial charge is 0.481 e. The quantitative estimate of drug-likeness (QED) is 0.692. The van der Waals surface area contributed by atoms with Gasteiger partial charge in [0.05, 0.1) is 19.6 Å². The number of likely N-dealkylation sites (tertiary alicyclic amines) is 1. The SMILES string of the molecule is O=C(O)CCN1CC(F)(F)CC1CO. The van der Waals surface area contributed by atoms with Crippen LogP contribution in [0.15, 0.2) is 0 Å². The van der Waals surface area contributed by atoms with Gasteiger partial charge in [-0.05, 0) is 0 Å². The Labute approximate surface area is 80.1 Å². The minimum absolute atomic E-state index is 0.0656. The van der Waals surface area contributed by atoms with E-state index in [9.17, 15) is 13.6 Å². The van der Waals surface area contributed by atoms with Crippen LogP contribution in [0.2, 0.25) is 0 Å². The number of hydrogen-bond acceptors (Lipinski definition) is 3. The van der Waals surface area contributed by atoms with E-state index in [0.29, 0.717) is 0 Å². The average molecular weight is 209 g/mol. The molecule has 0 radical (unpaired) electrons. The number of alkyl halides is 2. The van der Waals surface area contributed by atoms with Gasteiger partial charge in [0.15, 0.2) is 0 Å². The molecule has 1 rings (SSSR count). The van der Waals surface area contributed by atoms with Gasteiger partial charge in [0.1, 0.15) is 0 Å². The summed E-state index contributed by atoms with van der Waals surface area (Å²) in [6.45, 7) is -0.739. The molecule has 1 aliphatic rings. The maximum Gasteiger partial charge on any atom is 0.304 e. The predicted octanol–water partition coefficient (Wildman–Crippen LogP) is 0.163. The number of carbonyl (C=O) groups is 1. The zero-order valence-electron chi connectivity index (χ0n) is 7.62. The molecule has 6 heteroatoms. The second kappa shape index (κ2) is 4.18. The Balaban J connectivity index is 2.47. The number of aliphatic hydroxyl groups excluding tert-OH is 1. The van der Waals surface area contributed by atoms with Crippen LogP contribution in [0.5, 0.6) is 0 Å². The van der Waals surface area contributed by atoms with Gasteiger partial charge < -0.3 is 10.2 Å². The molecule has 1 saturated heterocycles. The third-order valence-corrected chi connectivity index (χ3v) is 2.31. The lowest BCUT2D eigenvalue weighted by molar-refractivity contribution is -0.137. The van der Waals surface area contributed by atoms with Crippen LogP contribution in [0.3, 0.4) is 0 Å². The van der Waals surface area contributed by atoms with Crippen molar-refractivity contribution in [2.45, 2.75) is 24.8 Å². The first kappa shape index (κ1) is 11.3. The van der Waals surface area contributed by atoms with Crippen LogP contribution in [0.1, 0.15) is 12.8 Å². The van der Waals surface area contributed by atoms with Crippen LogP contribution in [0, 0.1) is 0 Å². The molecule has 4 nitrogen and oxygen atoms in total. The first-order valence-electron chi connectivity index (χ1n) is 4.39. The van der Waals surface area contributed by atoms with E-state index in [1.54, 1.807) is 0 Å². The Morgan fingerprint density at radius 1 is 1.57 bits per heavy atom. The number of hydrogen-bond donors (Lipinski definition) is 2. The molecule has 0 aromatic heterocycles. The van der Waals surface area contributed by atoms with E-state index in [2.05, 4.69) is 0 Å². The summed E-state index contributed by atoms with van der Waals surface area (Å²) in [4.78, 5) is 11.6. The van der Waals surface area contributed by atoms with Gasteiger partial charge >= 0.3 is 5.97 Å². The topological polar surface area (TPSA) is 60.8 Å². The van der Waals surface area contributed by atoms with Gasteiger partial charge in [-0.3, -0.25) is 9.69 Å². The molecule has 2 N–H and O–H groups in total. The van der Waals surface area contributed by atoms with Crippen LogP contribution in [-0.2, 0) is 4.79 Å². The standard InChI is InChI=1S/C8H13F2NO3/c9-8(10)3-6(4-12)11(5-8)2-1-7(13)14/h6,12H,1-5H2,(H,13,14). The Morgan fingerprint density at radius 3 is 2.71 bits per heavy atom. The molecule has 14 heavy (non-hydrogen) atoms. The first-order valence-corrected chi connectivity index (χ1v) is 4.39. The molecule has 82 valence electrons. The summed E-state index contributed by atoms with van der Waals surface area (Å²) in [5, 5.41) is 17.2. The minimum Gasteiger partial charge on any atom is -0.481 e. The van der Waals surface area contributed by atoms with E-state index in [4.69, 9.17) is 10.2 Å². The molecular weight excluding hydrogens is 196 g/mol. The lowest BCUT2D eigenvalue weighted by atomic mass is 10.2. The maximum atomic E-state index is 12.9. The smallest absolute Gasteiger partial charge is 0.304 e. The van der Waals surface area contributed by atoms with Crippen molar-refractivity contribution in [1.29, 1.82) is 0 Å². The van der Waals surface area contributed by atoms with Gasteiger partial charge in [0.2, 0.25) is 0 Å². The Kier molecular flexibility index (Phi) is 3.38. The van der Waals surface area contributed by atoms with E-state index in [0.717, 1.165) is 0 Å². The number of rotatable bonds is 4. The second-order valence-corrected chi connectivity index (χ2v) is 3.51. The van der Waals surface area contributed by atoms with Gasteiger partial charge in [-0.2, -0.15) is 0 Å². The summed E-state index contributed by atoms with van der Waals surface area (Å²) in [5.41, 5.74) is 0. The minimum atomic E-state index is -2.80. The highest BCUT2D eigenvalue weighted by atomic mass is 19.3. The fourth-order valence-electron chi connectivity index (χ4n) is 1.65. The summed E-state index contributed by atoms with van der Waals surface area (Å²) in [6, 6.07) is -0.607. The molecule has 0 bridgehead atoms. The Morgan fingerprint density at radius 2 is 2.21 bits per heavy atom. The van der Waals surface area contributed by atoms with Crippen molar-refractivity contribution < 1.29 is 23.8 Å². The van der Waals surface area contributed by atoms with E-state index < -0.39 is 24.5 Å². The lowest BCUT2D eigenvalue weighted by Gasteiger charge is -2.20. The van der Waals surface area contributed by atoms with Crippen LogP contribution in [0.25, 0.3) is 0 Å². The van der Waals surface area contributed by atoms with Gasteiger partial charge in [-0.25, -0.2) is 8.78 Å². The number of aliphatic hydroxyl groups is 1. The molecule has 0 saturated carbocycles. The molecular formula is C8H13F2NO3. The van der Waals surface area contributed by atoms with Gasteiger partial charge in [0.25, 0.3) is 5.92 Å². The van der Waals surface area contributed by atoms with E-state index >= 15 is 0 Å². The van der Waals surface area contributed by atoms with E-state index in [1.165, 1.54) is 4.90 Å². The van der Waals surface area contributed by atoms with Crippen molar-refractivity contribution in [1.82, 2.24) is 4.90 Å². The second-order valence-electron chi connectivity index (χ2n) is 3.51. The number of nitrogens with zero attached hydrogens (tertiary/aromatic N) is 1. The molecule has 1 heterocycles. The van der Waals surface area contributed by atoms with Gasteiger partial charge in [-0.15, -0.1) is 0 Å². The summed E-state index contributed by atoms with van der Waals surface area (Å²) in [7, 11) is 0. The number of aliphatic carboxylic acids is 1. The molecule has 1 atom stereocenters. The molecule has 0 aliphatic carbocycles. The average Bonchev–Trinajstić information content (AvgIpc) is 2.37. The number of carboxylic acids is 1. The monoisotopic (exact) mass is 209 g/mol. The van der Waals surface area contributed by atoms with Crippen LogP contribution < -0.4 is 0 Å². The van der Waals surface area contributed by atoms with Crippen molar-refractivity contribution in [3.63, 3.8) is 0 Å². The van der Waals surface area contributed by atoms with E-state index in [-0.39, 0.29) is 26.0 Å². The summed E-state index contributed by atoms with van der Waals surface area (Å²) < 4.78 is 25.7. The molecule has 0 aromatic rings. The highest BCUT2D eigenvalue weighted by molar-refractivity contribution is 5.66. The van der Waals surface area contributed by atoms with Crippen molar-refractivity contribution in [3.05, 3.63) is 0 Å². The zero-order chi connectivity index (χ0) is 10.8. The predicted molar refractivity (Wildman–Crippen MR) is 44.3 cm³/mol. The van der Waals surface area contributed by atoms with Crippen LogP contribution in [-0.4, -0.2) is 52.7 Å². The molecule has 1 unspecified atom stereocenters. The van der Waals surface area contributed by atoms with Crippen LogP contribution >= 0.6 is 0 Å². The Bertz CT molecular complexity index is 223. The lowest BCUT2D eigenvalue weighted by Crippen LogP contribution is -2.34. The molecule has 0 spiro atoms. The summed E-state index contributed by atoms with van der Waals surface area (Å²) in [5.74, 6) is -3.82. The highest BCUT2D eigenvalue weighted by Crippen LogP contribution is 2.31. The third-order valence-electron chi connectivity index (χ3n) is 2.31. The van der Waals surface area contributed by atoms with Gasteiger partial charge in [-0.1, -0.05) is 0 Å². The molecule has 1 fully saturated rings. The Hall–Kier alpha value is -0.750. The summed E-state index contributed by atoms with van der Waals surface area (Å²) in [6.07, 6.45) is -0.560.